The number of allylic oxidation sites excluding steroid dienone is 1. The summed E-state index contributed by atoms with van der Waals surface area (Å²) in [6, 6.07) is 12.7. The molecule has 3 nitrogen and oxygen atoms in total. The van der Waals surface area contributed by atoms with Crippen molar-refractivity contribution in [1.82, 2.24) is 0 Å². The Labute approximate surface area is 118 Å². The molecule has 0 saturated heterocycles. The summed E-state index contributed by atoms with van der Waals surface area (Å²) in [5.41, 5.74) is 3.37. The number of ketones is 1. The number of rotatable bonds is 4. The quantitative estimate of drug-likeness (QED) is 0.503. The third kappa shape index (κ3) is 3.48. The lowest BCUT2D eigenvalue weighted by Crippen LogP contribution is -1.96. The average molecular weight is 267 g/mol. The number of phenols is 1. The molecule has 2 N–H and O–H groups in total. The van der Waals surface area contributed by atoms with Gasteiger partial charge in [-0.3, -0.25) is 4.79 Å². The maximum absolute atomic E-state index is 11.9. The molecule has 0 heterocycles. The van der Waals surface area contributed by atoms with Gasteiger partial charge in [-0.2, -0.15) is 0 Å². The van der Waals surface area contributed by atoms with E-state index in [-0.39, 0.29) is 11.5 Å². The highest BCUT2D eigenvalue weighted by atomic mass is 16.3. The molecule has 102 valence electrons. The van der Waals surface area contributed by atoms with Gasteiger partial charge in [0.1, 0.15) is 5.75 Å². The highest BCUT2D eigenvalue weighted by Gasteiger charge is 2.01. The molecule has 0 spiro atoms. The Morgan fingerprint density at radius 3 is 2.40 bits per heavy atom. The van der Waals surface area contributed by atoms with Crippen LogP contribution in [0.5, 0.6) is 5.75 Å². The van der Waals surface area contributed by atoms with Gasteiger partial charge in [0, 0.05) is 17.8 Å². The van der Waals surface area contributed by atoms with Crippen LogP contribution in [-0.2, 0) is 0 Å². The predicted molar refractivity (Wildman–Crippen MR) is 81.1 cm³/mol. The minimum Gasteiger partial charge on any atom is -0.506 e. The minimum atomic E-state index is -0.0790. The fourth-order valence-corrected chi connectivity index (χ4v) is 1.79. The van der Waals surface area contributed by atoms with E-state index in [1.165, 1.54) is 12.3 Å². The van der Waals surface area contributed by atoms with Crippen LogP contribution in [0, 0.1) is 13.8 Å². The SMILES string of the molecule is Cc1ccc(C(=O)C=CNc2cc(C)ccc2O)cc1. The topological polar surface area (TPSA) is 49.3 Å². The van der Waals surface area contributed by atoms with Crippen LogP contribution in [0.2, 0.25) is 0 Å². The van der Waals surface area contributed by atoms with Crippen molar-refractivity contribution in [1.29, 1.82) is 0 Å². The number of benzene rings is 2. The van der Waals surface area contributed by atoms with E-state index in [1.807, 2.05) is 38.1 Å². The summed E-state index contributed by atoms with van der Waals surface area (Å²) >= 11 is 0. The lowest BCUT2D eigenvalue weighted by molar-refractivity contribution is 0.104. The first kappa shape index (κ1) is 13.9. The summed E-state index contributed by atoms with van der Waals surface area (Å²) < 4.78 is 0. The van der Waals surface area contributed by atoms with Gasteiger partial charge in [-0.25, -0.2) is 0 Å². The van der Waals surface area contributed by atoms with E-state index in [2.05, 4.69) is 5.32 Å². The third-order valence-corrected chi connectivity index (χ3v) is 2.96. The summed E-state index contributed by atoms with van der Waals surface area (Å²) in [5.74, 6) is 0.0766. The van der Waals surface area contributed by atoms with Crippen molar-refractivity contribution < 1.29 is 9.90 Å². The molecule has 20 heavy (non-hydrogen) atoms. The number of hydrogen-bond donors (Lipinski definition) is 2. The Morgan fingerprint density at radius 1 is 1.05 bits per heavy atom. The molecule has 3 heteroatoms. The Morgan fingerprint density at radius 2 is 1.70 bits per heavy atom. The molecule has 2 aromatic carbocycles. The Kier molecular flexibility index (Phi) is 4.20. The largest absolute Gasteiger partial charge is 0.506 e. The Bertz CT molecular complexity index is 643. The molecule has 0 bridgehead atoms. The lowest BCUT2D eigenvalue weighted by Gasteiger charge is -2.04. The first-order chi connectivity index (χ1) is 9.56. The van der Waals surface area contributed by atoms with Crippen LogP contribution < -0.4 is 5.32 Å². The second kappa shape index (κ2) is 6.06. The zero-order valence-electron chi connectivity index (χ0n) is 11.6. The van der Waals surface area contributed by atoms with Crippen LogP contribution in [0.1, 0.15) is 21.5 Å². The summed E-state index contributed by atoms with van der Waals surface area (Å²) in [4.78, 5) is 11.9. The zero-order valence-corrected chi connectivity index (χ0v) is 11.6. The number of aromatic hydroxyl groups is 1. The number of aryl methyl sites for hydroxylation is 2. The number of nitrogens with one attached hydrogen (secondary N) is 1. The van der Waals surface area contributed by atoms with E-state index < -0.39 is 0 Å². The molecule has 0 radical (unpaired) electrons. The maximum Gasteiger partial charge on any atom is 0.187 e. The second-order valence-electron chi connectivity index (χ2n) is 4.73. The van der Waals surface area contributed by atoms with E-state index in [1.54, 1.807) is 18.2 Å². The molecule has 0 aliphatic heterocycles. The standard InChI is InChI=1S/C17H17NO2/c1-12-3-6-14(7-4-12)16(19)9-10-18-15-11-13(2)5-8-17(15)20/h3-11,18,20H,1-2H3. The van der Waals surface area contributed by atoms with E-state index >= 15 is 0 Å². The first-order valence-electron chi connectivity index (χ1n) is 6.40. The second-order valence-corrected chi connectivity index (χ2v) is 4.73. The Balaban J connectivity index is 2.04. The normalized spacial score (nSPS) is 10.7. The fraction of sp³-hybridized carbons (Fsp3) is 0.118. The van der Waals surface area contributed by atoms with Crippen molar-refractivity contribution >= 4 is 11.5 Å². The van der Waals surface area contributed by atoms with Gasteiger partial charge >= 0.3 is 0 Å². The predicted octanol–water partition coefficient (Wildman–Crippen LogP) is 3.82. The van der Waals surface area contributed by atoms with Gasteiger partial charge in [-0.05, 0) is 31.5 Å². The van der Waals surface area contributed by atoms with Gasteiger partial charge < -0.3 is 10.4 Å². The number of phenolic OH excluding ortho intramolecular Hbond substituents is 1. The molecule has 2 aromatic rings. The van der Waals surface area contributed by atoms with Gasteiger partial charge in [0.05, 0.1) is 5.69 Å². The minimum absolute atomic E-state index is 0.0790. The molecule has 0 unspecified atom stereocenters. The van der Waals surface area contributed by atoms with Crippen molar-refractivity contribution in [3.63, 3.8) is 0 Å². The lowest BCUT2D eigenvalue weighted by atomic mass is 10.1. The van der Waals surface area contributed by atoms with Crippen molar-refractivity contribution in [2.75, 3.05) is 5.32 Å². The van der Waals surface area contributed by atoms with E-state index in [4.69, 9.17) is 0 Å². The van der Waals surface area contributed by atoms with Crippen LogP contribution in [-0.4, -0.2) is 10.9 Å². The zero-order chi connectivity index (χ0) is 14.5. The van der Waals surface area contributed by atoms with Crippen molar-refractivity contribution in [2.24, 2.45) is 0 Å². The van der Waals surface area contributed by atoms with E-state index in [0.29, 0.717) is 11.3 Å². The van der Waals surface area contributed by atoms with Crippen LogP contribution in [0.15, 0.2) is 54.7 Å². The average Bonchev–Trinajstić information content (AvgIpc) is 2.43. The first-order valence-corrected chi connectivity index (χ1v) is 6.40. The number of hydrogen-bond acceptors (Lipinski definition) is 3. The smallest absolute Gasteiger partial charge is 0.187 e. The van der Waals surface area contributed by atoms with Gasteiger partial charge in [-0.1, -0.05) is 35.9 Å². The van der Waals surface area contributed by atoms with Gasteiger partial charge in [-0.15, -0.1) is 0 Å². The molecule has 0 aliphatic rings. The number of carbonyl (C=O) groups is 1. The fourth-order valence-electron chi connectivity index (χ4n) is 1.79. The molecule has 0 aliphatic carbocycles. The monoisotopic (exact) mass is 267 g/mol. The molecule has 0 amide bonds. The van der Waals surface area contributed by atoms with Crippen LogP contribution >= 0.6 is 0 Å². The summed E-state index contributed by atoms with van der Waals surface area (Å²) in [7, 11) is 0. The highest BCUT2D eigenvalue weighted by Crippen LogP contribution is 2.23. The van der Waals surface area contributed by atoms with E-state index in [0.717, 1.165) is 11.1 Å². The van der Waals surface area contributed by atoms with Crippen LogP contribution in [0.3, 0.4) is 0 Å². The molecular weight excluding hydrogens is 250 g/mol. The molecule has 0 atom stereocenters. The molecule has 0 aromatic heterocycles. The Hall–Kier alpha value is -2.55. The van der Waals surface area contributed by atoms with Crippen molar-refractivity contribution in [3.8, 4) is 5.75 Å². The summed E-state index contributed by atoms with van der Waals surface area (Å²) in [6.45, 7) is 3.91. The number of carbonyl (C=O) groups excluding carboxylic acids is 1. The van der Waals surface area contributed by atoms with Crippen LogP contribution in [0.25, 0.3) is 0 Å². The van der Waals surface area contributed by atoms with Gasteiger partial charge in [0.15, 0.2) is 5.78 Å². The molecule has 0 saturated carbocycles. The molecule has 0 fully saturated rings. The number of anilines is 1. The van der Waals surface area contributed by atoms with Gasteiger partial charge in [0.25, 0.3) is 0 Å². The van der Waals surface area contributed by atoms with Crippen molar-refractivity contribution in [3.05, 3.63) is 71.4 Å². The van der Waals surface area contributed by atoms with E-state index in [9.17, 15) is 9.90 Å². The third-order valence-electron chi connectivity index (χ3n) is 2.96. The summed E-state index contributed by atoms with van der Waals surface area (Å²) in [5, 5.41) is 12.6. The van der Waals surface area contributed by atoms with Crippen molar-refractivity contribution in [2.45, 2.75) is 13.8 Å². The van der Waals surface area contributed by atoms with Crippen LogP contribution in [0.4, 0.5) is 5.69 Å². The van der Waals surface area contributed by atoms with Gasteiger partial charge in [0.2, 0.25) is 0 Å². The molecular formula is C17H17NO2. The highest BCUT2D eigenvalue weighted by molar-refractivity contribution is 6.04. The summed E-state index contributed by atoms with van der Waals surface area (Å²) in [6.07, 6.45) is 2.99. The maximum atomic E-state index is 11.9. The molecule has 2 rings (SSSR count).